The number of hydrogen-bond acceptors (Lipinski definition) is 7. The molecule has 0 aliphatic carbocycles. The Kier molecular flexibility index (Phi) is 6.80. The zero-order valence-corrected chi connectivity index (χ0v) is 12.8. The lowest BCUT2D eigenvalue weighted by molar-refractivity contribution is -0.385. The fraction of sp³-hybridized carbons (Fsp3) is 0.692. The summed E-state index contributed by atoms with van der Waals surface area (Å²) in [5.74, 6) is 0.727. The first-order valence-corrected chi connectivity index (χ1v) is 7.10. The summed E-state index contributed by atoms with van der Waals surface area (Å²) in [6.45, 7) is 4.99. The number of hydrogen-bond donors (Lipinski definition) is 2. The summed E-state index contributed by atoms with van der Waals surface area (Å²) in [6.07, 6.45) is 2.45. The molecule has 0 fully saturated rings. The highest BCUT2D eigenvalue weighted by molar-refractivity contribution is 5.62. The van der Waals surface area contributed by atoms with Crippen molar-refractivity contribution in [1.82, 2.24) is 9.97 Å². The fourth-order valence-corrected chi connectivity index (χ4v) is 2.01. The maximum absolute atomic E-state index is 11.2. The van der Waals surface area contributed by atoms with Crippen molar-refractivity contribution in [2.75, 3.05) is 37.0 Å². The van der Waals surface area contributed by atoms with Crippen molar-refractivity contribution in [1.29, 1.82) is 0 Å². The van der Waals surface area contributed by atoms with E-state index in [1.165, 1.54) is 0 Å². The van der Waals surface area contributed by atoms with Crippen LogP contribution in [0.4, 0.5) is 17.5 Å². The van der Waals surface area contributed by atoms with E-state index in [9.17, 15) is 10.1 Å². The molecule has 1 aromatic rings. The highest BCUT2D eigenvalue weighted by Gasteiger charge is 2.24. The van der Waals surface area contributed by atoms with Gasteiger partial charge in [-0.3, -0.25) is 10.1 Å². The van der Waals surface area contributed by atoms with Crippen molar-refractivity contribution in [3.63, 3.8) is 0 Å². The van der Waals surface area contributed by atoms with Crippen LogP contribution in [0.2, 0.25) is 0 Å². The van der Waals surface area contributed by atoms with Crippen LogP contribution in [0.15, 0.2) is 0 Å². The summed E-state index contributed by atoms with van der Waals surface area (Å²) in [5.41, 5.74) is 0.296. The minimum Gasteiger partial charge on any atom is -0.396 e. The molecule has 0 amide bonds. The SMILES string of the molecule is CCNc1nc(C)c([N+](=O)[O-])c(N(C)CCCCCO)n1. The smallest absolute Gasteiger partial charge is 0.332 e. The minimum atomic E-state index is -0.440. The summed E-state index contributed by atoms with van der Waals surface area (Å²) in [4.78, 5) is 20.9. The molecule has 0 aliphatic rings. The van der Waals surface area contributed by atoms with Crippen LogP contribution >= 0.6 is 0 Å². The van der Waals surface area contributed by atoms with Crippen molar-refractivity contribution in [2.24, 2.45) is 0 Å². The van der Waals surface area contributed by atoms with Crippen LogP contribution < -0.4 is 10.2 Å². The molecule has 0 atom stereocenters. The van der Waals surface area contributed by atoms with E-state index in [2.05, 4.69) is 15.3 Å². The van der Waals surface area contributed by atoms with Gasteiger partial charge < -0.3 is 15.3 Å². The van der Waals surface area contributed by atoms with Gasteiger partial charge in [-0.15, -0.1) is 0 Å². The first-order chi connectivity index (χ1) is 10.0. The van der Waals surface area contributed by atoms with Crippen LogP contribution in [0.3, 0.4) is 0 Å². The molecule has 8 heteroatoms. The van der Waals surface area contributed by atoms with E-state index in [4.69, 9.17) is 5.11 Å². The molecular weight excluding hydrogens is 274 g/mol. The molecule has 8 nitrogen and oxygen atoms in total. The molecular formula is C13H23N5O3. The normalized spacial score (nSPS) is 10.5. The van der Waals surface area contributed by atoms with Gasteiger partial charge in [0.15, 0.2) is 0 Å². The molecule has 0 aromatic carbocycles. The number of aliphatic hydroxyl groups excluding tert-OH is 1. The first kappa shape index (κ1) is 17.1. The molecule has 118 valence electrons. The molecule has 0 saturated carbocycles. The van der Waals surface area contributed by atoms with Crippen LogP contribution in [-0.2, 0) is 0 Å². The van der Waals surface area contributed by atoms with Gasteiger partial charge in [0.1, 0.15) is 5.69 Å². The monoisotopic (exact) mass is 297 g/mol. The third kappa shape index (κ3) is 4.82. The second-order valence-electron chi connectivity index (χ2n) is 4.80. The van der Waals surface area contributed by atoms with Gasteiger partial charge >= 0.3 is 5.69 Å². The van der Waals surface area contributed by atoms with E-state index in [0.29, 0.717) is 30.5 Å². The lowest BCUT2D eigenvalue weighted by Gasteiger charge is -2.19. The van der Waals surface area contributed by atoms with E-state index in [0.717, 1.165) is 19.3 Å². The molecule has 0 radical (unpaired) electrons. The Labute approximate surface area is 124 Å². The number of anilines is 2. The van der Waals surface area contributed by atoms with Gasteiger partial charge in [0, 0.05) is 26.7 Å². The van der Waals surface area contributed by atoms with Crippen molar-refractivity contribution >= 4 is 17.5 Å². The average molecular weight is 297 g/mol. The van der Waals surface area contributed by atoms with Crippen LogP contribution in [0.1, 0.15) is 31.9 Å². The molecule has 21 heavy (non-hydrogen) atoms. The van der Waals surface area contributed by atoms with Crippen LogP contribution in [0, 0.1) is 17.0 Å². The van der Waals surface area contributed by atoms with Crippen LogP contribution in [-0.4, -0.2) is 46.7 Å². The summed E-state index contributed by atoms with van der Waals surface area (Å²) in [6, 6.07) is 0. The molecule has 1 heterocycles. The average Bonchev–Trinajstić information content (AvgIpc) is 2.42. The maximum Gasteiger partial charge on any atom is 0.332 e. The molecule has 2 N–H and O–H groups in total. The number of nitrogens with one attached hydrogen (secondary N) is 1. The Morgan fingerprint density at radius 3 is 2.62 bits per heavy atom. The zero-order valence-electron chi connectivity index (χ0n) is 12.8. The molecule has 0 saturated heterocycles. The van der Waals surface area contributed by atoms with Crippen LogP contribution in [0.25, 0.3) is 0 Å². The standard InChI is InChI=1S/C13H23N5O3/c1-4-14-13-15-10(2)11(18(20)21)12(16-13)17(3)8-6-5-7-9-19/h19H,4-9H2,1-3H3,(H,14,15,16). The van der Waals surface area contributed by atoms with Gasteiger partial charge in [-0.2, -0.15) is 4.98 Å². The van der Waals surface area contributed by atoms with Gasteiger partial charge in [-0.05, 0) is 33.1 Å². The van der Waals surface area contributed by atoms with E-state index >= 15 is 0 Å². The van der Waals surface area contributed by atoms with E-state index < -0.39 is 4.92 Å². The number of aryl methyl sites for hydroxylation is 1. The molecule has 0 bridgehead atoms. The Morgan fingerprint density at radius 2 is 2.05 bits per heavy atom. The number of aliphatic hydroxyl groups is 1. The fourth-order valence-electron chi connectivity index (χ4n) is 2.01. The lowest BCUT2D eigenvalue weighted by atomic mass is 10.2. The predicted octanol–water partition coefficient (Wildman–Crippen LogP) is 1.72. The number of unbranched alkanes of at least 4 members (excludes halogenated alkanes) is 2. The highest BCUT2D eigenvalue weighted by Crippen LogP contribution is 2.29. The molecule has 0 unspecified atom stereocenters. The third-order valence-electron chi connectivity index (χ3n) is 3.07. The minimum absolute atomic E-state index is 0.0543. The topological polar surface area (TPSA) is 104 Å². The van der Waals surface area contributed by atoms with E-state index in [1.54, 1.807) is 18.9 Å². The summed E-state index contributed by atoms with van der Waals surface area (Å²) >= 11 is 0. The summed E-state index contributed by atoms with van der Waals surface area (Å²) in [7, 11) is 1.78. The largest absolute Gasteiger partial charge is 0.396 e. The van der Waals surface area contributed by atoms with E-state index in [1.807, 2.05) is 6.92 Å². The van der Waals surface area contributed by atoms with Gasteiger partial charge in [-0.1, -0.05) is 0 Å². The number of nitro groups is 1. The Hall–Kier alpha value is -1.96. The van der Waals surface area contributed by atoms with Gasteiger partial charge in [0.2, 0.25) is 11.8 Å². The zero-order chi connectivity index (χ0) is 15.8. The quantitative estimate of drug-likeness (QED) is 0.406. The first-order valence-electron chi connectivity index (χ1n) is 7.10. The Morgan fingerprint density at radius 1 is 1.33 bits per heavy atom. The number of aromatic nitrogens is 2. The van der Waals surface area contributed by atoms with Crippen molar-refractivity contribution in [3.05, 3.63) is 15.8 Å². The van der Waals surface area contributed by atoms with Crippen molar-refractivity contribution in [3.8, 4) is 0 Å². The van der Waals surface area contributed by atoms with E-state index in [-0.39, 0.29) is 12.3 Å². The number of nitrogens with zero attached hydrogens (tertiary/aromatic N) is 4. The van der Waals surface area contributed by atoms with Crippen LogP contribution in [0.5, 0.6) is 0 Å². The second kappa shape index (κ2) is 8.35. The highest BCUT2D eigenvalue weighted by atomic mass is 16.6. The lowest BCUT2D eigenvalue weighted by Crippen LogP contribution is -2.22. The molecule has 1 rings (SSSR count). The third-order valence-corrected chi connectivity index (χ3v) is 3.07. The number of rotatable bonds is 9. The van der Waals surface area contributed by atoms with Crippen molar-refractivity contribution in [2.45, 2.75) is 33.1 Å². The summed E-state index contributed by atoms with van der Waals surface area (Å²) < 4.78 is 0. The predicted molar refractivity (Wildman–Crippen MR) is 81.8 cm³/mol. The Balaban J connectivity index is 2.97. The van der Waals surface area contributed by atoms with Gasteiger partial charge in [0.25, 0.3) is 0 Å². The maximum atomic E-state index is 11.2. The molecule has 0 spiro atoms. The van der Waals surface area contributed by atoms with Gasteiger partial charge in [0.05, 0.1) is 4.92 Å². The van der Waals surface area contributed by atoms with Gasteiger partial charge in [-0.25, -0.2) is 4.98 Å². The Bertz CT molecular complexity index is 481. The van der Waals surface area contributed by atoms with Crippen molar-refractivity contribution < 1.29 is 10.0 Å². The molecule has 0 aliphatic heterocycles. The second-order valence-corrected chi connectivity index (χ2v) is 4.80. The summed E-state index contributed by atoms with van der Waals surface area (Å²) in [5, 5.41) is 23.0. The molecule has 1 aromatic heterocycles.